The largest absolute Gasteiger partial charge is 0.356 e. The fourth-order valence-corrected chi connectivity index (χ4v) is 2.50. The van der Waals surface area contributed by atoms with Crippen molar-refractivity contribution >= 4 is 41.8 Å². The van der Waals surface area contributed by atoms with E-state index in [4.69, 9.17) is 0 Å². The van der Waals surface area contributed by atoms with Gasteiger partial charge in [-0.2, -0.15) is 0 Å². The number of hydrogen-bond donors (Lipinski definition) is 2. The molecule has 1 heterocycles. The van der Waals surface area contributed by atoms with E-state index in [0.29, 0.717) is 13.0 Å². The maximum atomic E-state index is 11.7. The second kappa shape index (κ2) is 11.3. The first-order chi connectivity index (χ1) is 10.3. The van der Waals surface area contributed by atoms with E-state index < -0.39 is 0 Å². The average Bonchev–Trinajstić information content (AvgIpc) is 2.85. The van der Waals surface area contributed by atoms with Crippen molar-refractivity contribution in [1.82, 2.24) is 20.2 Å². The van der Waals surface area contributed by atoms with Crippen LogP contribution in [0.2, 0.25) is 0 Å². The predicted octanol–water partition coefficient (Wildman–Crippen LogP) is 2.56. The van der Waals surface area contributed by atoms with Gasteiger partial charge in [0, 0.05) is 25.9 Å². The van der Waals surface area contributed by atoms with Crippen LogP contribution in [0.5, 0.6) is 0 Å². The number of carbonyl (C=O) groups excluding carboxylic acids is 1. The molecule has 1 aromatic heterocycles. The number of nitrogens with zero attached hydrogens (tertiary/aromatic N) is 2. The van der Waals surface area contributed by atoms with Crippen molar-refractivity contribution in [2.45, 2.75) is 32.7 Å². The number of para-hydroxylation sites is 2. The van der Waals surface area contributed by atoms with Gasteiger partial charge in [0.1, 0.15) is 5.82 Å². The molecule has 5 nitrogen and oxygen atoms in total. The quantitative estimate of drug-likeness (QED) is 0.711. The summed E-state index contributed by atoms with van der Waals surface area (Å²) in [5.41, 5.74) is 2.19. The zero-order chi connectivity index (χ0) is 15.1. The number of fused-ring (bicyclic) bond motifs is 1. The summed E-state index contributed by atoms with van der Waals surface area (Å²) >= 11 is 0. The first kappa shape index (κ1) is 21.7. The van der Waals surface area contributed by atoms with E-state index in [1.165, 1.54) is 0 Å². The topological polar surface area (TPSA) is 59.0 Å². The minimum atomic E-state index is 0. The maximum Gasteiger partial charge on any atom is 0.220 e. The lowest BCUT2D eigenvalue weighted by molar-refractivity contribution is -0.121. The molecule has 23 heavy (non-hydrogen) atoms. The lowest BCUT2D eigenvalue weighted by atomic mass is 10.3. The molecule has 0 bridgehead atoms. The zero-order valence-electron chi connectivity index (χ0n) is 13.7. The van der Waals surface area contributed by atoms with E-state index in [1.807, 2.05) is 25.2 Å². The molecule has 130 valence electrons. The molecule has 2 N–H and O–H groups in total. The van der Waals surface area contributed by atoms with Crippen molar-refractivity contribution in [3.8, 4) is 0 Å². The van der Waals surface area contributed by atoms with Crippen LogP contribution in [-0.2, 0) is 17.8 Å². The van der Waals surface area contributed by atoms with Gasteiger partial charge in [0.05, 0.1) is 11.0 Å². The predicted molar refractivity (Wildman–Crippen MR) is 99.8 cm³/mol. The Labute approximate surface area is 150 Å². The molecule has 0 radical (unpaired) electrons. The summed E-state index contributed by atoms with van der Waals surface area (Å²) in [6.45, 7) is 4.53. The van der Waals surface area contributed by atoms with Crippen LogP contribution in [0.4, 0.5) is 0 Å². The summed E-state index contributed by atoms with van der Waals surface area (Å²) < 4.78 is 2.21. The summed E-state index contributed by atoms with van der Waals surface area (Å²) in [7, 11) is 1.90. The standard InChI is InChI=1S/C16H24N4O.2ClH/c1-3-20-14-8-5-4-7-13(14)19-15(20)10-12-18-16(21)9-6-11-17-2;;/h4-5,7-8,17H,3,6,9-12H2,1-2H3,(H,18,21);2*1H. The number of aromatic nitrogens is 2. The van der Waals surface area contributed by atoms with Crippen LogP contribution in [0.1, 0.15) is 25.6 Å². The molecule has 0 aliphatic heterocycles. The molecule has 0 unspecified atom stereocenters. The SMILES string of the molecule is CCn1c(CCNC(=O)CCCNC)nc2ccccc21.Cl.Cl. The molecular formula is C16H26Cl2N4O. The Bertz CT molecular complexity index is 601. The summed E-state index contributed by atoms with van der Waals surface area (Å²) in [4.78, 5) is 16.3. The summed E-state index contributed by atoms with van der Waals surface area (Å²) in [5.74, 6) is 1.15. The number of halogens is 2. The summed E-state index contributed by atoms with van der Waals surface area (Å²) in [6.07, 6.45) is 2.21. The first-order valence-electron chi connectivity index (χ1n) is 7.61. The molecule has 0 aliphatic rings. The van der Waals surface area contributed by atoms with E-state index in [2.05, 4.69) is 33.2 Å². The number of benzene rings is 1. The van der Waals surface area contributed by atoms with Gasteiger partial charge in [0.15, 0.2) is 0 Å². The third kappa shape index (κ3) is 6.01. The van der Waals surface area contributed by atoms with Crippen LogP contribution in [0.3, 0.4) is 0 Å². The molecule has 0 aliphatic carbocycles. The highest BCUT2D eigenvalue weighted by atomic mass is 35.5. The highest BCUT2D eigenvalue weighted by Gasteiger charge is 2.09. The van der Waals surface area contributed by atoms with Gasteiger partial charge in [0.2, 0.25) is 5.91 Å². The number of rotatable bonds is 8. The number of hydrogen-bond acceptors (Lipinski definition) is 3. The van der Waals surface area contributed by atoms with Crippen molar-refractivity contribution < 1.29 is 4.79 Å². The van der Waals surface area contributed by atoms with Gasteiger partial charge < -0.3 is 15.2 Å². The second-order valence-electron chi connectivity index (χ2n) is 5.07. The van der Waals surface area contributed by atoms with Crippen molar-refractivity contribution in [1.29, 1.82) is 0 Å². The molecule has 2 aromatic rings. The molecular weight excluding hydrogens is 335 g/mol. The minimum Gasteiger partial charge on any atom is -0.356 e. The third-order valence-corrected chi connectivity index (χ3v) is 3.55. The molecule has 0 fully saturated rings. The molecule has 2 rings (SSSR count). The lowest BCUT2D eigenvalue weighted by Gasteiger charge is -2.07. The van der Waals surface area contributed by atoms with E-state index in [9.17, 15) is 4.79 Å². The summed E-state index contributed by atoms with van der Waals surface area (Å²) in [5, 5.41) is 6.01. The Morgan fingerprint density at radius 3 is 2.65 bits per heavy atom. The number of amides is 1. The van der Waals surface area contributed by atoms with Crippen molar-refractivity contribution in [2.75, 3.05) is 20.1 Å². The van der Waals surface area contributed by atoms with Gasteiger partial charge in [-0.15, -0.1) is 24.8 Å². The fraction of sp³-hybridized carbons (Fsp3) is 0.500. The van der Waals surface area contributed by atoms with Gasteiger partial charge in [-0.3, -0.25) is 4.79 Å². The van der Waals surface area contributed by atoms with Crippen molar-refractivity contribution in [2.24, 2.45) is 0 Å². The molecule has 1 amide bonds. The molecule has 0 saturated carbocycles. The average molecular weight is 361 g/mol. The van der Waals surface area contributed by atoms with Gasteiger partial charge in [-0.25, -0.2) is 4.98 Å². The van der Waals surface area contributed by atoms with Gasteiger partial charge in [0.25, 0.3) is 0 Å². The molecule has 0 atom stereocenters. The second-order valence-corrected chi connectivity index (χ2v) is 5.07. The number of aryl methyl sites for hydroxylation is 1. The van der Waals surface area contributed by atoms with Crippen LogP contribution in [0, 0.1) is 0 Å². The van der Waals surface area contributed by atoms with E-state index in [0.717, 1.165) is 42.8 Å². The van der Waals surface area contributed by atoms with E-state index in [1.54, 1.807) is 0 Å². The number of carbonyl (C=O) groups is 1. The molecule has 0 spiro atoms. The highest BCUT2D eigenvalue weighted by molar-refractivity contribution is 5.85. The number of imidazole rings is 1. The van der Waals surface area contributed by atoms with Crippen molar-refractivity contribution in [3.05, 3.63) is 30.1 Å². The Hall–Kier alpha value is -1.30. The smallest absolute Gasteiger partial charge is 0.220 e. The van der Waals surface area contributed by atoms with Gasteiger partial charge in [-0.05, 0) is 39.1 Å². The Morgan fingerprint density at radius 2 is 1.96 bits per heavy atom. The van der Waals surface area contributed by atoms with Crippen LogP contribution >= 0.6 is 24.8 Å². The maximum absolute atomic E-state index is 11.7. The zero-order valence-corrected chi connectivity index (χ0v) is 15.3. The van der Waals surface area contributed by atoms with Gasteiger partial charge in [-0.1, -0.05) is 12.1 Å². The van der Waals surface area contributed by atoms with Crippen LogP contribution < -0.4 is 10.6 Å². The van der Waals surface area contributed by atoms with Crippen LogP contribution in [0.15, 0.2) is 24.3 Å². The fourth-order valence-electron chi connectivity index (χ4n) is 2.50. The molecule has 0 saturated heterocycles. The Morgan fingerprint density at radius 1 is 1.22 bits per heavy atom. The molecule has 1 aromatic carbocycles. The van der Waals surface area contributed by atoms with Crippen LogP contribution in [-0.4, -0.2) is 35.6 Å². The first-order valence-corrected chi connectivity index (χ1v) is 7.61. The lowest BCUT2D eigenvalue weighted by Crippen LogP contribution is -2.27. The Kier molecular flexibility index (Phi) is 10.6. The monoisotopic (exact) mass is 360 g/mol. The highest BCUT2D eigenvalue weighted by Crippen LogP contribution is 2.15. The normalized spacial score (nSPS) is 10.0. The van der Waals surface area contributed by atoms with E-state index >= 15 is 0 Å². The third-order valence-electron chi connectivity index (χ3n) is 3.55. The molecule has 7 heteroatoms. The van der Waals surface area contributed by atoms with Crippen molar-refractivity contribution in [3.63, 3.8) is 0 Å². The minimum absolute atomic E-state index is 0. The Balaban J connectivity index is 0.00000242. The van der Waals surface area contributed by atoms with Gasteiger partial charge >= 0.3 is 0 Å². The van der Waals surface area contributed by atoms with Crippen LogP contribution in [0.25, 0.3) is 11.0 Å². The number of nitrogens with one attached hydrogen (secondary N) is 2. The summed E-state index contributed by atoms with van der Waals surface area (Å²) in [6, 6.07) is 8.15. The van der Waals surface area contributed by atoms with E-state index in [-0.39, 0.29) is 30.7 Å².